The number of fused-ring (bicyclic) bond motifs is 1. The number of imidazole rings is 1. The number of nitrogens with two attached hydrogens (primary N) is 1. The summed E-state index contributed by atoms with van der Waals surface area (Å²) in [6.45, 7) is 12.2. The number of benzene rings is 1. The molecule has 37 heavy (non-hydrogen) atoms. The number of H-pyrrole nitrogens is 2. The number of aromatic amines is 2. The second kappa shape index (κ2) is 10.5. The van der Waals surface area contributed by atoms with Gasteiger partial charge < -0.3 is 15.6 Å². The van der Waals surface area contributed by atoms with E-state index in [1.165, 1.54) is 12.1 Å². The Hall–Kier alpha value is -4.72. The lowest BCUT2D eigenvalue weighted by Crippen LogP contribution is -2.21. The van der Waals surface area contributed by atoms with Crippen molar-refractivity contribution in [3.63, 3.8) is 0 Å². The van der Waals surface area contributed by atoms with Gasteiger partial charge in [-0.2, -0.15) is 5.10 Å². The fraction of sp³-hybridized carbons (Fsp3) is 0.138. The molecule has 4 aromatic rings. The first kappa shape index (κ1) is 25.4. The van der Waals surface area contributed by atoms with Crippen LogP contribution in [0.2, 0.25) is 0 Å². The average Bonchev–Trinajstić information content (AvgIpc) is 3.45. The lowest BCUT2D eigenvalue weighted by Gasteiger charge is -2.14. The number of hydrogen-bond acceptors (Lipinski definition) is 5. The van der Waals surface area contributed by atoms with E-state index in [1.807, 2.05) is 51.1 Å². The zero-order valence-electron chi connectivity index (χ0n) is 21.4. The molecule has 0 aliphatic rings. The lowest BCUT2D eigenvalue weighted by molar-refractivity contribution is 0.530. The van der Waals surface area contributed by atoms with Crippen LogP contribution in [0, 0.1) is 5.82 Å². The van der Waals surface area contributed by atoms with Gasteiger partial charge in [0.05, 0.1) is 22.6 Å². The minimum Gasteiger partial charge on any atom is -0.399 e. The maximum absolute atomic E-state index is 14.0. The number of allylic oxidation sites excluding steroid dienone is 6. The SMILES string of the molecule is C=C\C(=C/C(=C\C)C(/C)=C/C=c1/[nH]nc(-c2nc3c(-c4cc(N)cc(F)c4)cncc3[nH]2)c1=C)N(C)C. The van der Waals surface area contributed by atoms with Gasteiger partial charge in [0.1, 0.15) is 11.5 Å². The number of pyridine rings is 1. The van der Waals surface area contributed by atoms with Gasteiger partial charge in [0.25, 0.3) is 0 Å². The first-order chi connectivity index (χ1) is 17.7. The molecule has 0 bridgehead atoms. The van der Waals surface area contributed by atoms with Gasteiger partial charge in [-0.15, -0.1) is 0 Å². The van der Waals surface area contributed by atoms with E-state index >= 15 is 0 Å². The van der Waals surface area contributed by atoms with Crippen LogP contribution in [-0.2, 0) is 0 Å². The van der Waals surface area contributed by atoms with E-state index in [9.17, 15) is 4.39 Å². The zero-order chi connectivity index (χ0) is 26.7. The van der Waals surface area contributed by atoms with Crippen LogP contribution in [0.4, 0.5) is 10.1 Å². The van der Waals surface area contributed by atoms with Crippen LogP contribution in [0.3, 0.4) is 0 Å². The second-order valence-corrected chi connectivity index (χ2v) is 8.83. The molecule has 0 saturated heterocycles. The zero-order valence-corrected chi connectivity index (χ0v) is 21.4. The van der Waals surface area contributed by atoms with Gasteiger partial charge >= 0.3 is 0 Å². The summed E-state index contributed by atoms with van der Waals surface area (Å²) in [5.41, 5.74) is 12.6. The van der Waals surface area contributed by atoms with Crippen molar-refractivity contribution in [3.8, 4) is 22.6 Å². The lowest BCUT2D eigenvalue weighted by atomic mass is 10.1. The minimum atomic E-state index is -0.419. The van der Waals surface area contributed by atoms with E-state index in [0.717, 1.165) is 22.2 Å². The summed E-state index contributed by atoms with van der Waals surface area (Å²) in [6.07, 6.45) is 13.2. The molecule has 0 amide bonds. The standard InChI is InChI=1S/C29H30FN7/c1-7-19(13-23(8-2)37(5)6)17(3)9-10-25-18(4)27(36-35-25)29-33-26-16-32-15-24(28(26)34-29)20-11-21(30)14-22(31)12-20/h7-16,35H,2,4,31H2,1,3,5-6H3,(H,33,34)/b17-9+,19-7+,23-13+,25-10+. The van der Waals surface area contributed by atoms with Crippen LogP contribution in [0.1, 0.15) is 13.8 Å². The topological polar surface area (TPSA) is 99.5 Å². The highest BCUT2D eigenvalue weighted by Gasteiger charge is 2.14. The highest BCUT2D eigenvalue weighted by Crippen LogP contribution is 2.29. The molecular weight excluding hydrogens is 465 g/mol. The number of hydrogen-bond donors (Lipinski definition) is 3. The van der Waals surface area contributed by atoms with Crippen molar-refractivity contribution in [2.75, 3.05) is 19.8 Å². The molecule has 7 nitrogen and oxygen atoms in total. The van der Waals surface area contributed by atoms with Crippen molar-refractivity contribution in [3.05, 3.63) is 94.7 Å². The predicted octanol–water partition coefficient (Wildman–Crippen LogP) is 4.45. The number of rotatable bonds is 7. The van der Waals surface area contributed by atoms with Crippen LogP contribution in [-0.4, -0.2) is 44.1 Å². The summed E-state index contributed by atoms with van der Waals surface area (Å²) in [6, 6.07) is 4.38. The van der Waals surface area contributed by atoms with Crippen LogP contribution in [0.25, 0.3) is 46.3 Å². The molecule has 0 radical (unpaired) electrons. The maximum atomic E-state index is 14.0. The Morgan fingerprint density at radius 1 is 1.19 bits per heavy atom. The molecule has 3 aromatic heterocycles. The third-order valence-electron chi connectivity index (χ3n) is 6.04. The third-order valence-corrected chi connectivity index (χ3v) is 6.04. The van der Waals surface area contributed by atoms with Gasteiger partial charge in [-0.3, -0.25) is 10.1 Å². The smallest absolute Gasteiger partial charge is 0.159 e. The molecule has 4 N–H and O–H groups in total. The Balaban J connectivity index is 1.72. The second-order valence-electron chi connectivity index (χ2n) is 8.83. The Morgan fingerprint density at radius 3 is 2.65 bits per heavy atom. The molecule has 0 spiro atoms. The fourth-order valence-electron chi connectivity index (χ4n) is 4.00. The maximum Gasteiger partial charge on any atom is 0.159 e. The molecule has 4 rings (SSSR count). The Morgan fingerprint density at radius 2 is 1.97 bits per heavy atom. The van der Waals surface area contributed by atoms with E-state index in [1.54, 1.807) is 18.5 Å². The summed E-state index contributed by atoms with van der Waals surface area (Å²) in [7, 11) is 3.97. The van der Waals surface area contributed by atoms with E-state index in [0.29, 0.717) is 44.6 Å². The van der Waals surface area contributed by atoms with Crippen LogP contribution in [0.15, 0.2) is 78.3 Å². The Bertz CT molecular complexity index is 1660. The quantitative estimate of drug-likeness (QED) is 0.260. The van der Waals surface area contributed by atoms with Crippen LogP contribution in [0.5, 0.6) is 0 Å². The van der Waals surface area contributed by atoms with Crippen molar-refractivity contribution in [2.45, 2.75) is 13.8 Å². The van der Waals surface area contributed by atoms with Crippen molar-refractivity contribution in [1.82, 2.24) is 30.0 Å². The molecule has 0 saturated carbocycles. The van der Waals surface area contributed by atoms with E-state index in [2.05, 4.69) is 45.5 Å². The Labute approximate surface area is 215 Å². The number of anilines is 1. The summed E-state index contributed by atoms with van der Waals surface area (Å²) >= 11 is 0. The normalized spacial score (nSPS) is 13.4. The summed E-state index contributed by atoms with van der Waals surface area (Å²) in [5, 5.41) is 8.96. The molecule has 3 heterocycles. The van der Waals surface area contributed by atoms with E-state index in [-0.39, 0.29) is 0 Å². The molecular formula is C29H30FN7. The first-order valence-corrected chi connectivity index (χ1v) is 11.7. The molecule has 188 valence electrons. The molecule has 8 heteroatoms. The third kappa shape index (κ3) is 5.28. The molecule has 0 fully saturated rings. The number of likely N-dealkylation sites (N-methyl/N-ethyl adjacent to an activating group) is 1. The number of nitrogens with zero attached hydrogens (tertiary/aromatic N) is 4. The van der Waals surface area contributed by atoms with Crippen molar-refractivity contribution in [2.24, 2.45) is 0 Å². The van der Waals surface area contributed by atoms with Gasteiger partial charge in [0.15, 0.2) is 5.82 Å². The van der Waals surface area contributed by atoms with Gasteiger partial charge in [-0.25, -0.2) is 9.37 Å². The highest BCUT2D eigenvalue weighted by molar-refractivity contribution is 5.93. The van der Waals surface area contributed by atoms with Gasteiger partial charge in [-0.05, 0) is 67.0 Å². The molecule has 1 aromatic carbocycles. The molecule has 0 aliphatic carbocycles. The van der Waals surface area contributed by atoms with Gasteiger partial charge in [0, 0.05) is 42.5 Å². The molecule has 0 aliphatic heterocycles. The largest absolute Gasteiger partial charge is 0.399 e. The Kier molecular flexibility index (Phi) is 7.20. The van der Waals surface area contributed by atoms with Gasteiger partial charge in [-0.1, -0.05) is 25.3 Å². The number of halogens is 1. The van der Waals surface area contributed by atoms with E-state index in [4.69, 9.17) is 10.7 Å². The van der Waals surface area contributed by atoms with Crippen LogP contribution >= 0.6 is 0 Å². The minimum absolute atomic E-state index is 0.331. The van der Waals surface area contributed by atoms with Crippen molar-refractivity contribution in [1.29, 1.82) is 0 Å². The van der Waals surface area contributed by atoms with Crippen LogP contribution < -0.4 is 16.3 Å². The molecule has 0 atom stereocenters. The highest BCUT2D eigenvalue weighted by atomic mass is 19.1. The summed E-state index contributed by atoms with van der Waals surface area (Å²) < 4.78 is 14.0. The number of nitrogens with one attached hydrogen (secondary N) is 2. The van der Waals surface area contributed by atoms with Crippen molar-refractivity contribution < 1.29 is 4.39 Å². The fourth-order valence-corrected chi connectivity index (χ4v) is 4.00. The average molecular weight is 496 g/mol. The summed E-state index contributed by atoms with van der Waals surface area (Å²) in [4.78, 5) is 14.3. The van der Waals surface area contributed by atoms with Crippen molar-refractivity contribution >= 4 is 29.4 Å². The van der Waals surface area contributed by atoms with Gasteiger partial charge in [0.2, 0.25) is 0 Å². The van der Waals surface area contributed by atoms with E-state index < -0.39 is 5.82 Å². The number of aromatic nitrogens is 5. The summed E-state index contributed by atoms with van der Waals surface area (Å²) in [5.74, 6) is 0.117. The first-order valence-electron chi connectivity index (χ1n) is 11.7. The monoisotopic (exact) mass is 495 g/mol. The number of nitrogen functional groups attached to an aromatic ring is 1. The predicted molar refractivity (Wildman–Crippen MR) is 150 cm³/mol. The molecule has 0 unspecified atom stereocenters.